The van der Waals surface area contributed by atoms with Crippen molar-refractivity contribution in [3.63, 3.8) is 0 Å². The fraction of sp³-hybridized carbons (Fsp3) is 0.357. The van der Waals surface area contributed by atoms with Gasteiger partial charge in [0.05, 0.1) is 22.0 Å². The number of aliphatic carboxylic acids is 1. The lowest BCUT2D eigenvalue weighted by Crippen LogP contribution is -2.34. The Balaban J connectivity index is 2.82. The lowest BCUT2D eigenvalue weighted by Gasteiger charge is -2.19. The van der Waals surface area contributed by atoms with E-state index in [2.05, 4.69) is 0 Å². The number of carboxylic acid groups (broad SMARTS) is 1. The summed E-state index contributed by atoms with van der Waals surface area (Å²) in [4.78, 5) is 45.8. The van der Waals surface area contributed by atoms with E-state index in [0.29, 0.717) is 6.54 Å². The van der Waals surface area contributed by atoms with E-state index in [1.807, 2.05) is 0 Å². The number of hydrogen-bond donors (Lipinski definition) is 2. The number of carbonyl (C=O) groups excluding carboxylic acids is 2. The van der Waals surface area contributed by atoms with Crippen molar-refractivity contribution >= 4 is 35.2 Å². The summed E-state index contributed by atoms with van der Waals surface area (Å²) in [6, 6.07) is 3.78. The van der Waals surface area contributed by atoms with Gasteiger partial charge in [-0.3, -0.25) is 24.5 Å². The highest BCUT2D eigenvalue weighted by atomic mass is 32.2. The quantitative estimate of drug-likeness (QED) is 0.383. The molecule has 0 radical (unpaired) electrons. The first-order valence-electron chi connectivity index (χ1n) is 6.96. The Labute approximate surface area is 142 Å². The number of hydrogen-bond acceptors (Lipinski definition) is 6. The standard InChI is InChI=1S/C14H17N3O6S/c1-2-16(6-5-13(19)20)12(18)8-24-11-4-3-9(14(15)21)7-10(11)17(22)23/h3-4,7H,2,5-6,8H2,1H3,(H2,15,21)(H,19,20). The predicted octanol–water partition coefficient (Wildman–Crippen LogP) is 1.11. The molecule has 1 aromatic carbocycles. The van der Waals surface area contributed by atoms with Crippen molar-refractivity contribution in [2.24, 2.45) is 5.73 Å². The first-order chi connectivity index (χ1) is 11.3. The highest BCUT2D eigenvalue weighted by Gasteiger charge is 2.19. The molecule has 0 heterocycles. The first-order valence-corrected chi connectivity index (χ1v) is 7.95. The monoisotopic (exact) mass is 355 g/mol. The molecule has 9 nitrogen and oxygen atoms in total. The molecule has 0 aliphatic heterocycles. The van der Waals surface area contributed by atoms with Crippen LogP contribution in [0.3, 0.4) is 0 Å². The maximum absolute atomic E-state index is 12.1. The molecule has 0 fully saturated rings. The van der Waals surface area contributed by atoms with Crippen LogP contribution in [0.25, 0.3) is 0 Å². The molecule has 0 unspecified atom stereocenters. The second-order valence-electron chi connectivity index (χ2n) is 4.71. The molecule has 1 rings (SSSR count). The van der Waals surface area contributed by atoms with Gasteiger partial charge in [-0.2, -0.15) is 0 Å². The van der Waals surface area contributed by atoms with Crippen molar-refractivity contribution in [2.45, 2.75) is 18.2 Å². The van der Waals surface area contributed by atoms with E-state index in [9.17, 15) is 24.5 Å². The zero-order valence-electron chi connectivity index (χ0n) is 12.9. The van der Waals surface area contributed by atoms with Crippen LogP contribution in [-0.4, -0.2) is 51.6 Å². The van der Waals surface area contributed by atoms with Gasteiger partial charge in [-0.15, -0.1) is 11.8 Å². The van der Waals surface area contributed by atoms with Crippen molar-refractivity contribution in [1.29, 1.82) is 0 Å². The van der Waals surface area contributed by atoms with Crippen molar-refractivity contribution in [2.75, 3.05) is 18.8 Å². The van der Waals surface area contributed by atoms with Gasteiger partial charge in [0.1, 0.15) is 0 Å². The van der Waals surface area contributed by atoms with Gasteiger partial charge in [-0.25, -0.2) is 0 Å². The van der Waals surface area contributed by atoms with Crippen LogP contribution in [0.4, 0.5) is 5.69 Å². The molecular formula is C14H17N3O6S. The smallest absolute Gasteiger partial charge is 0.305 e. The molecule has 0 saturated carbocycles. The number of nitro groups is 1. The first kappa shape index (κ1) is 19.4. The van der Waals surface area contributed by atoms with E-state index in [1.165, 1.54) is 17.0 Å². The second kappa shape index (κ2) is 8.87. The third kappa shape index (κ3) is 5.54. The summed E-state index contributed by atoms with van der Waals surface area (Å²) in [5.41, 5.74) is 4.79. The summed E-state index contributed by atoms with van der Waals surface area (Å²) < 4.78 is 0. The number of carbonyl (C=O) groups is 3. The van der Waals surface area contributed by atoms with E-state index in [4.69, 9.17) is 10.8 Å². The van der Waals surface area contributed by atoms with Crippen molar-refractivity contribution in [1.82, 2.24) is 4.90 Å². The number of benzene rings is 1. The molecular weight excluding hydrogens is 338 g/mol. The molecule has 2 amide bonds. The lowest BCUT2D eigenvalue weighted by atomic mass is 10.2. The van der Waals surface area contributed by atoms with Gasteiger partial charge < -0.3 is 15.7 Å². The van der Waals surface area contributed by atoms with Crippen LogP contribution < -0.4 is 5.73 Å². The largest absolute Gasteiger partial charge is 0.481 e. The van der Waals surface area contributed by atoms with Crippen molar-refractivity contribution < 1.29 is 24.4 Å². The summed E-state index contributed by atoms with van der Waals surface area (Å²) in [6.07, 6.45) is -0.169. The molecule has 0 bridgehead atoms. The number of nitrogens with two attached hydrogens (primary N) is 1. The van der Waals surface area contributed by atoms with Crippen LogP contribution >= 0.6 is 11.8 Å². The fourth-order valence-electron chi connectivity index (χ4n) is 1.86. The summed E-state index contributed by atoms with van der Waals surface area (Å²) >= 11 is 0.949. The van der Waals surface area contributed by atoms with Gasteiger partial charge in [0.2, 0.25) is 11.8 Å². The second-order valence-corrected chi connectivity index (χ2v) is 5.73. The minimum atomic E-state index is -1.01. The Hall–Kier alpha value is -2.62. The number of carboxylic acids is 1. The minimum absolute atomic E-state index is 0.00835. The lowest BCUT2D eigenvalue weighted by molar-refractivity contribution is -0.387. The van der Waals surface area contributed by atoms with Gasteiger partial charge in [0, 0.05) is 24.7 Å². The molecule has 0 aromatic heterocycles. The summed E-state index contributed by atoms with van der Waals surface area (Å²) in [7, 11) is 0. The maximum atomic E-state index is 12.1. The normalized spacial score (nSPS) is 10.2. The Bertz CT molecular complexity index is 664. The van der Waals surface area contributed by atoms with E-state index >= 15 is 0 Å². The predicted molar refractivity (Wildman–Crippen MR) is 86.8 cm³/mol. The van der Waals surface area contributed by atoms with Crippen LogP contribution in [0.1, 0.15) is 23.7 Å². The molecule has 3 N–H and O–H groups in total. The van der Waals surface area contributed by atoms with Crippen LogP contribution in [-0.2, 0) is 9.59 Å². The molecule has 10 heteroatoms. The summed E-state index contributed by atoms with van der Waals surface area (Å²) in [6.45, 7) is 2.14. The Morgan fingerprint density at radius 2 is 2.04 bits per heavy atom. The SMILES string of the molecule is CCN(CCC(=O)O)C(=O)CSc1ccc(C(N)=O)cc1[N+](=O)[O-]. The third-order valence-electron chi connectivity index (χ3n) is 3.12. The minimum Gasteiger partial charge on any atom is -0.481 e. The van der Waals surface area contributed by atoms with E-state index in [0.717, 1.165) is 17.8 Å². The number of nitrogens with zero attached hydrogens (tertiary/aromatic N) is 2. The van der Waals surface area contributed by atoms with E-state index in [1.54, 1.807) is 6.92 Å². The highest BCUT2D eigenvalue weighted by Crippen LogP contribution is 2.30. The molecule has 0 spiro atoms. The molecule has 24 heavy (non-hydrogen) atoms. The Kier molecular flexibility index (Phi) is 7.18. The highest BCUT2D eigenvalue weighted by molar-refractivity contribution is 8.00. The summed E-state index contributed by atoms with van der Waals surface area (Å²) in [5, 5.41) is 19.7. The molecule has 0 atom stereocenters. The summed E-state index contributed by atoms with van der Waals surface area (Å²) in [5.74, 6) is -2.19. The van der Waals surface area contributed by atoms with Gasteiger partial charge in [-0.05, 0) is 19.1 Å². The van der Waals surface area contributed by atoms with Crippen LogP contribution in [0.2, 0.25) is 0 Å². The van der Waals surface area contributed by atoms with Crippen molar-refractivity contribution in [3.8, 4) is 0 Å². The number of amides is 2. The van der Waals surface area contributed by atoms with Gasteiger partial charge in [0.15, 0.2) is 0 Å². The van der Waals surface area contributed by atoms with Crippen LogP contribution in [0.5, 0.6) is 0 Å². The zero-order chi connectivity index (χ0) is 18.3. The van der Waals surface area contributed by atoms with Gasteiger partial charge in [-0.1, -0.05) is 0 Å². The topological polar surface area (TPSA) is 144 Å². The maximum Gasteiger partial charge on any atom is 0.305 e. The average molecular weight is 355 g/mol. The number of thioether (sulfide) groups is 1. The Morgan fingerprint density at radius 1 is 1.38 bits per heavy atom. The number of nitro benzene ring substituents is 1. The average Bonchev–Trinajstić information content (AvgIpc) is 2.52. The third-order valence-corrected chi connectivity index (χ3v) is 4.17. The molecule has 130 valence electrons. The van der Waals surface area contributed by atoms with Gasteiger partial charge in [0.25, 0.3) is 5.69 Å². The molecule has 0 aliphatic rings. The van der Waals surface area contributed by atoms with Gasteiger partial charge >= 0.3 is 5.97 Å². The van der Waals surface area contributed by atoms with E-state index in [-0.39, 0.29) is 40.8 Å². The number of rotatable bonds is 9. The fourth-order valence-corrected chi connectivity index (χ4v) is 2.76. The molecule has 0 aliphatic carbocycles. The van der Waals surface area contributed by atoms with E-state index < -0.39 is 16.8 Å². The number of primary amides is 1. The zero-order valence-corrected chi connectivity index (χ0v) is 13.7. The molecule has 1 aromatic rings. The van der Waals surface area contributed by atoms with Crippen LogP contribution in [0.15, 0.2) is 23.1 Å². The van der Waals surface area contributed by atoms with Crippen LogP contribution in [0, 0.1) is 10.1 Å². The molecule has 0 saturated heterocycles. The Morgan fingerprint density at radius 3 is 2.54 bits per heavy atom. The van der Waals surface area contributed by atoms with Crippen molar-refractivity contribution in [3.05, 3.63) is 33.9 Å².